The number of carbonyl (C=O) groups is 2. The topological polar surface area (TPSA) is 77.4 Å². The van der Waals surface area contributed by atoms with E-state index < -0.39 is 0 Å². The molecule has 0 aromatic heterocycles. The van der Waals surface area contributed by atoms with Crippen molar-refractivity contribution in [3.63, 3.8) is 0 Å². The summed E-state index contributed by atoms with van der Waals surface area (Å²) in [4.78, 5) is 24.3. The van der Waals surface area contributed by atoms with Crippen LogP contribution >= 0.6 is 0 Å². The molecule has 0 N–H and O–H groups in total. The van der Waals surface area contributed by atoms with E-state index in [0.29, 0.717) is 24.5 Å². The summed E-state index contributed by atoms with van der Waals surface area (Å²) in [6, 6.07) is 13.8. The molecule has 1 aliphatic heterocycles. The van der Waals surface area contributed by atoms with Gasteiger partial charge in [0.15, 0.2) is 11.5 Å². The molecule has 0 spiro atoms. The Kier molecular flexibility index (Phi) is 11.5. The van der Waals surface area contributed by atoms with Crippen molar-refractivity contribution in [1.29, 1.82) is 0 Å². The number of unbranched alkanes of at least 4 members (excludes halogenated alkanes) is 8. The highest BCUT2D eigenvalue weighted by Crippen LogP contribution is 2.33. The highest BCUT2D eigenvalue weighted by Gasteiger charge is 2.25. The van der Waals surface area contributed by atoms with E-state index in [4.69, 9.17) is 14.6 Å². The van der Waals surface area contributed by atoms with E-state index in [-0.39, 0.29) is 18.3 Å². The average Bonchev–Trinajstić information content (AvgIpc) is 3.06. The molecule has 1 aliphatic rings. The molecule has 0 bridgehead atoms. The molecule has 200 valence electrons. The van der Waals surface area contributed by atoms with Crippen LogP contribution in [0, 0.1) is 0 Å². The van der Waals surface area contributed by atoms with E-state index in [1.807, 2.05) is 42.5 Å². The number of hydrogen-bond acceptors (Lipinski definition) is 6. The number of carbonyl (C=O) groups excluding carboxylic acids is 2. The number of rotatable bonds is 15. The minimum atomic E-state index is -0.119. The fraction of sp³-hybridized carbons (Fsp3) is 0.500. The fourth-order valence-corrected chi connectivity index (χ4v) is 4.63. The van der Waals surface area contributed by atoms with E-state index in [1.165, 1.54) is 26.4 Å². The van der Waals surface area contributed by atoms with Gasteiger partial charge in [-0.05, 0) is 30.5 Å². The number of benzene rings is 2. The van der Waals surface area contributed by atoms with Gasteiger partial charge in [-0.3, -0.25) is 9.59 Å². The van der Waals surface area contributed by atoms with E-state index >= 15 is 0 Å². The van der Waals surface area contributed by atoms with Crippen molar-refractivity contribution < 1.29 is 23.8 Å². The Labute approximate surface area is 220 Å². The molecular weight excluding hydrogens is 468 g/mol. The van der Waals surface area contributed by atoms with Gasteiger partial charge in [0.25, 0.3) is 0 Å². The summed E-state index contributed by atoms with van der Waals surface area (Å²) in [6.45, 7) is 0.602. The molecule has 7 heteroatoms. The van der Waals surface area contributed by atoms with Gasteiger partial charge in [-0.2, -0.15) is 5.10 Å². The lowest BCUT2D eigenvalue weighted by Crippen LogP contribution is -2.28. The molecule has 0 radical (unpaired) electrons. The molecule has 0 aliphatic carbocycles. The van der Waals surface area contributed by atoms with Crippen LogP contribution in [0.2, 0.25) is 0 Å². The highest BCUT2D eigenvalue weighted by molar-refractivity contribution is 6.15. The van der Waals surface area contributed by atoms with Crippen LogP contribution in [0.4, 0.5) is 0 Å². The minimum absolute atomic E-state index is 0.00800. The molecule has 0 atom stereocenters. The average molecular weight is 509 g/mol. The van der Waals surface area contributed by atoms with E-state index in [9.17, 15) is 9.59 Å². The van der Waals surface area contributed by atoms with Crippen molar-refractivity contribution >= 4 is 17.6 Å². The summed E-state index contributed by atoms with van der Waals surface area (Å²) in [5.74, 6) is 1.10. The number of methoxy groups -OCH3 is 3. The monoisotopic (exact) mass is 508 g/mol. The summed E-state index contributed by atoms with van der Waals surface area (Å²) >= 11 is 0. The first-order valence-electron chi connectivity index (χ1n) is 13.3. The molecule has 1 amide bonds. The molecule has 37 heavy (non-hydrogen) atoms. The van der Waals surface area contributed by atoms with Crippen LogP contribution in [-0.2, 0) is 20.7 Å². The van der Waals surface area contributed by atoms with Crippen LogP contribution in [0.25, 0.3) is 0 Å². The predicted molar refractivity (Wildman–Crippen MR) is 145 cm³/mol. The molecule has 0 fully saturated rings. The van der Waals surface area contributed by atoms with Gasteiger partial charge in [0.2, 0.25) is 5.91 Å². The normalized spacial score (nSPS) is 13.0. The molecule has 0 saturated carbocycles. The van der Waals surface area contributed by atoms with Gasteiger partial charge in [-0.1, -0.05) is 75.3 Å². The van der Waals surface area contributed by atoms with Crippen LogP contribution in [0.1, 0.15) is 80.9 Å². The lowest BCUT2D eigenvalue weighted by molar-refractivity contribution is -0.140. The Balaban J connectivity index is 1.55. The Morgan fingerprint density at radius 3 is 2.05 bits per heavy atom. The van der Waals surface area contributed by atoms with E-state index in [2.05, 4.69) is 4.74 Å². The number of nitrogens with zero attached hydrogens (tertiary/aromatic N) is 2. The molecular formula is C30H40N2O5. The Morgan fingerprint density at radius 2 is 1.43 bits per heavy atom. The van der Waals surface area contributed by atoms with Crippen molar-refractivity contribution in [3.8, 4) is 11.5 Å². The van der Waals surface area contributed by atoms with Crippen molar-refractivity contribution in [2.75, 3.05) is 27.9 Å². The highest BCUT2D eigenvalue weighted by atomic mass is 16.5. The molecule has 3 rings (SSSR count). The van der Waals surface area contributed by atoms with Crippen LogP contribution in [0.3, 0.4) is 0 Å². The second kappa shape index (κ2) is 15.0. The van der Waals surface area contributed by atoms with E-state index in [0.717, 1.165) is 60.9 Å². The van der Waals surface area contributed by atoms with Gasteiger partial charge in [-0.15, -0.1) is 0 Å². The van der Waals surface area contributed by atoms with Gasteiger partial charge in [0, 0.05) is 24.1 Å². The number of hydrazone groups is 1. The van der Waals surface area contributed by atoms with Gasteiger partial charge < -0.3 is 14.2 Å². The number of esters is 1. The van der Waals surface area contributed by atoms with Gasteiger partial charge in [0.1, 0.15) is 0 Å². The zero-order valence-electron chi connectivity index (χ0n) is 22.5. The third-order valence-corrected chi connectivity index (χ3v) is 6.74. The predicted octanol–water partition coefficient (Wildman–Crippen LogP) is 5.91. The maximum Gasteiger partial charge on any atom is 0.305 e. The van der Waals surface area contributed by atoms with Crippen LogP contribution < -0.4 is 9.47 Å². The van der Waals surface area contributed by atoms with Gasteiger partial charge in [0.05, 0.1) is 33.5 Å². The second-order valence-electron chi connectivity index (χ2n) is 9.38. The van der Waals surface area contributed by atoms with Crippen LogP contribution in [0.5, 0.6) is 11.5 Å². The number of ether oxygens (including phenoxy) is 3. The standard InChI is InChI=1S/C30H40N2O5/c1-35-26-20-24-21-28(33)32(19-15-10-8-6-4-5-7-9-14-18-29(34)37-3)31-30(23-16-12-11-13-17-23)25(24)22-27(26)36-2/h11-13,16-17,20,22H,4-10,14-15,18-19,21H2,1-3H3. The summed E-state index contributed by atoms with van der Waals surface area (Å²) in [7, 11) is 4.66. The first kappa shape index (κ1) is 28.2. The molecule has 2 aromatic carbocycles. The molecule has 7 nitrogen and oxygen atoms in total. The number of fused-ring (bicyclic) bond motifs is 1. The van der Waals surface area contributed by atoms with Crippen molar-refractivity contribution in [3.05, 3.63) is 59.2 Å². The summed E-state index contributed by atoms with van der Waals surface area (Å²) in [6.07, 6.45) is 10.7. The van der Waals surface area contributed by atoms with Crippen molar-refractivity contribution in [1.82, 2.24) is 5.01 Å². The Bertz CT molecular complexity index is 1050. The SMILES string of the molecule is COC(=O)CCCCCCCCCCCN1N=C(c2ccccc2)c2cc(OC)c(OC)cc2CC1=O. The minimum Gasteiger partial charge on any atom is -0.493 e. The van der Waals surface area contributed by atoms with Gasteiger partial charge in [-0.25, -0.2) is 5.01 Å². The summed E-state index contributed by atoms with van der Waals surface area (Å²) in [5, 5.41) is 6.51. The number of hydrogen-bond donors (Lipinski definition) is 0. The largest absolute Gasteiger partial charge is 0.493 e. The van der Waals surface area contributed by atoms with Crippen LogP contribution in [-0.4, -0.2) is 50.5 Å². The Hall–Kier alpha value is -3.35. The Morgan fingerprint density at radius 1 is 0.838 bits per heavy atom. The lowest BCUT2D eigenvalue weighted by Gasteiger charge is -2.16. The third kappa shape index (κ3) is 8.34. The van der Waals surface area contributed by atoms with Gasteiger partial charge >= 0.3 is 5.97 Å². The quantitative estimate of drug-likeness (QED) is 0.221. The molecule has 1 heterocycles. The zero-order chi connectivity index (χ0) is 26.5. The maximum absolute atomic E-state index is 13.2. The molecule has 0 unspecified atom stereocenters. The molecule has 2 aromatic rings. The van der Waals surface area contributed by atoms with E-state index in [1.54, 1.807) is 19.2 Å². The summed E-state index contributed by atoms with van der Waals surface area (Å²) < 4.78 is 15.7. The third-order valence-electron chi connectivity index (χ3n) is 6.74. The first-order valence-corrected chi connectivity index (χ1v) is 13.3. The first-order chi connectivity index (χ1) is 18.1. The fourth-order valence-electron chi connectivity index (χ4n) is 4.63. The van der Waals surface area contributed by atoms with Crippen LogP contribution in [0.15, 0.2) is 47.6 Å². The summed E-state index contributed by atoms with van der Waals surface area (Å²) in [5.41, 5.74) is 3.52. The molecule has 0 saturated heterocycles. The lowest BCUT2D eigenvalue weighted by atomic mass is 9.95. The number of amides is 1. The smallest absolute Gasteiger partial charge is 0.305 e. The zero-order valence-corrected chi connectivity index (χ0v) is 22.5. The van der Waals surface area contributed by atoms with Crippen molar-refractivity contribution in [2.45, 2.75) is 70.6 Å². The second-order valence-corrected chi connectivity index (χ2v) is 9.38. The van der Waals surface area contributed by atoms with Crippen molar-refractivity contribution in [2.24, 2.45) is 5.10 Å². The maximum atomic E-state index is 13.2.